The van der Waals surface area contributed by atoms with Crippen molar-refractivity contribution in [1.82, 2.24) is 4.90 Å². The van der Waals surface area contributed by atoms with Crippen molar-refractivity contribution in [3.8, 4) is 0 Å². The minimum Gasteiger partial charge on any atom is -0.378 e. The maximum atomic E-state index is 12.8. The second kappa shape index (κ2) is 7.87. The number of nitrogens with zero attached hydrogens (tertiary/aromatic N) is 2. The highest BCUT2D eigenvalue weighted by molar-refractivity contribution is 9.10. The molecule has 0 aliphatic carbocycles. The number of rotatable bonds is 4. The van der Waals surface area contributed by atoms with Gasteiger partial charge in [0.15, 0.2) is 0 Å². The number of likely N-dealkylation sites (tertiary alicyclic amines) is 1. The molecule has 0 saturated carbocycles. The zero-order chi connectivity index (χ0) is 18.0. The van der Waals surface area contributed by atoms with Gasteiger partial charge < -0.3 is 14.5 Å². The number of piperidine rings is 1. The normalized spacial score (nSPS) is 21.9. The van der Waals surface area contributed by atoms with Crippen LogP contribution in [0, 0.1) is 12.8 Å². The van der Waals surface area contributed by atoms with Crippen LogP contribution in [-0.2, 0) is 14.3 Å². The lowest BCUT2D eigenvalue weighted by Gasteiger charge is -2.33. The zero-order valence-corrected chi connectivity index (χ0v) is 16.4. The molecule has 2 heterocycles. The van der Waals surface area contributed by atoms with E-state index in [2.05, 4.69) is 15.9 Å². The van der Waals surface area contributed by atoms with Crippen molar-refractivity contribution < 1.29 is 14.3 Å². The molecule has 1 aromatic carbocycles. The van der Waals surface area contributed by atoms with Gasteiger partial charge in [-0.05, 0) is 50.5 Å². The summed E-state index contributed by atoms with van der Waals surface area (Å²) in [6.45, 7) is 6.65. The molecule has 0 bridgehead atoms. The Balaban J connectivity index is 1.62. The van der Waals surface area contributed by atoms with E-state index in [0.29, 0.717) is 13.0 Å². The highest BCUT2D eigenvalue weighted by Crippen LogP contribution is 2.30. The van der Waals surface area contributed by atoms with Crippen molar-refractivity contribution in [2.75, 3.05) is 31.1 Å². The van der Waals surface area contributed by atoms with Gasteiger partial charge in [0, 0.05) is 42.8 Å². The first-order valence-corrected chi connectivity index (χ1v) is 9.75. The summed E-state index contributed by atoms with van der Waals surface area (Å²) in [5.74, 6) is -0.0935. The number of amides is 2. The van der Waals surface area contributed by atoms with Crippen LogP contribution in [0.15, 0.2) is 22.7 Å². The molecule has 0 N–H and O–H groups in total. The number of anilines is 1. The van der Waals surface area contributed by atoms with Crippen molar-refractivity contribution >= 4 is 33.4 Å². The van der Waals surface area contributed by atoms with Crippen molar-refractivity contribution in [1.29, 1.82) is 0 Å². The van der Waals surface area contributed by atoms with Crippen molar-refractivity contribution in [3.63, 3.8) is 0 Å². The summed E-state index contributed by atoms with van der Waals surface area (Å²) in [4.78, 5) is 28.9. The third-order valence-corrected chi connectivity index (χ3v) is 5.97. The van der Waals surface area contributed by atoms with Gasteiger partial charge in [-0.1, -0.05) is 15.9 Å². The summed E-state index contributed by atoms with van der Waals surface area (Å²) in [6, 6.07) is 5.86. The Morgan fingerprint density at radius 2 is 2.04 bits per heavy atom. The summed E-state index contributed by atoms with van der Waals surface area (Å²) in [7, 11) is 0. The smallest absolute Gasteiger partial charge is 0.228 e. The molecule has 25 heavy (non-hydrogen) atoms. The van der Waals surface area contributed by atoms with Crippen LogP contribution in [0.25, 0.3) is 0 Å². The monoisotopic (exact) mass is 408 g/mol. The maximum Gasteiger partial charge on any atom is 0.228 e. The van der Waals surface area contributed by atoms with Crippen LogP contribution in [0.5, 0.6) is 0 Å². The maximum absolute atomic E-state index is 12.8. The summed E-state index contributed by atoms with van der Waals surface area (Å²) < 4.78 is 6.67. The van der Waals surface area contributed by atoms with E-state index in [4.69, 9.17) is 4.74 Å². The largest absolute Gasteiger partial charge is 0.378 e. The number of benzene rings is 1. The van der Waals surface area contributed by atoms with Crippen LogP contribution in [-0.4, -0.2) is 49.1 Å². The molecule has 1 atom stereocenters. The van der Waals surface area contributed by atoms with Crippen LogP contribution in [0.2, 0.25) is 0 Å². The predicted molar refractivity (Wildman–Crippen MR) is 101 cm³/mol. The molecular weight excluding hydrogens is 384 g/mol. The van der Waals surface area contributed by atoms with Gasteiger partial charge in [0.1, 0.15) is 0 Å². The van der Waals surface area contributed by atoms with E-state index in [9.17, 15) is 9.59 Å². The Morgan fingerprint density at radius 1 is 1.32 bits per heavy atom. The second-order valence-corrected chi connectivity index (χ2v) is 7.67. The van der Waals surface area contributed by atoms with Crippen LogP contribution < -0.4 is 4.90 Å². The number of carbonyl (C=O) groups excluding carboxylic acids is 2. The van der Waals surface area contributed by atoms with E-state index in [1.54, 1.807) is 4.90 Å². The molecule has 3 rings (SSSR count). The zero-order valence-electron chi connectivity index (χ0n) is 14.8. The van der Waals surface area contributed by atoms with Crippen LogP contribution in [0.1, 0.15) is 31.7 Å². The van der Waals surface area contributed by atoms with Gasteiger partial charge in [-0.3, -0.25) is 9.59 Å². The molecular formula is C19H25BrN2O3. The van der Waals surface area contributed by atoms with Crippen molar-refractivity contribution in [3.05, 3.63) is 28.2 Å². The molecule has 136 valence electrons. The van der Waals surface area contributed by atoms with Crippen LogP contribution in [0.3, 0.4) is 0 Å². The topological polar surface area (TPSA) is 49.9 Å². The van der Waals surface area contributed by atoms with Crippen molar-refractivity contribution in [2.45, 2.75) is 39.2 Å². The minimum absolute atomic E-state index is 0.0317. The first-order chi connectivity index (χ1) is 12.0. The first kappa shape index (κ1) is 18.4. The Hall–Kier alpha value is -1.40. The standard InChI is InChI=1S/C19H25BrN2O3/c1-3-25-16-6-8-21(9-7-16)19(24)14-11-18(23)22(12-14)15-4-5-17(20)13(2)10-15/h4-5,10,14,16H,3,6-9,11-12H2,1-2H3. The lowest BCUT2D eigenvalue weighted by Crippen LogP contribution is -2.44. The predicted octanol–water partition coefficient (Wildman–Crippen LogP) is 3.14. The molecule has 2 aliphatic rings. The van der Waals surface area contributed by atoms with E-state index < -0.39 is 0 Å². The summed E-state index contributed by atoms with van der Waals surface area (Å²) >= 11 is 3.48. The summed E-state index contributed by atoms with van der Waals surface area (Å²) in [5.41, 5.74) is 1.95. The highest BCUT2D eigenvalue weighted by atomic mass is 79.9. The highest BCUT2D eigenvalue weighted by Gasteiger charge is 2.38. The molecule has 2 aliphatic heterocycles. The Bertz CT molecular complexity index is 656. The molecule has 6 heteroatoms. The molecule has 2 fully saturated rings. The van der Waals surface area contributed by atoms with Crippen LogP contribution in [0.4, 0.5) is 5.69 Å². The van der Waals surface area contributed by atoms with Gasteiger partial charge in [0.2, 0.25) is 11.8 Å². The number of carbonyl (C=O) groups is 2. The lowest BCUT2D eigenvalue weighted by atomic mass is 10.0. The third-order valence-electron chi connectivity index (χ3n) is 5.08. The molecule has 1 aromatic rings. The number of ether oxygens (including phenoxy) is 1. The number of aryl methyl sites for hydroxylation is 1. The van der Waals surface area contributed by atoms with Gasteiger partial charge >= 0.3 is 0 Å². The summed E-state index contributed by atoms with van der Waals surface area (Å²) in [6.07, 6.45) is 2.34. The molecule has 2 saturated heterocycles. The average molecular weight is 409 g/mol. The first-order valence-electron chi connectivity index (χ1n) is 8.96. The van der Waals surface area contributed by atoms with Gasteiger partial charge in [0.25, 0.3) is 0 Å². The van der Waals surface area contributed by atoms with Gasteiger partial charge in [-0.25, -0.2) is 0 Å². The minimum atomic E-state index is -0.236. The molecule has 0 radical (unpaired) electrons. The average Bonchev–Trinajstić information content (AvgIpc) is 2.99. The van der Waals surface area contributed by atoms with E-state index in [1.165, 1.54) is 0 Å². The third kappa shape index (κ3) is 4.06. The van der Waals surface area contributed by atoms with Crippen LogP contribution >= 0.6 is 15.9 Å². The molecule has 0 aromatic heterocycles. The fraction of sp³-hybridized carbons (Fsp3) is 0.579. The van der Waals surface area contributed by atoms with E-state index >= 15 is 0 Å². The Morgan fingerprint density at radius 3 is 2.68 bits per heavy atom. The van der Waals surface area contributed by atoms with E-state index in [0.717, 1.165) is 48.3 Å². The van der Waals surface area contributed by atoms with E-state index in [-0.39, 0.29) is 23.8 Å². The summed E-state index contributed by atoms with van der Waals surface area (Å²) in [5, 5.41) is 0. The van der Waals surface area contributed by atoms with Gasteiger partial charge in [0.05, 0.1) is 12.0 Å². The SMILES string of the molecule is CCOC1CCN(C(=O)C2CC(=O)N(c3ccc(Br)c(C)c3)C2)CC1. The Labute approximate surface area is 157 Å². The fourth-order valence-corrected chi connectivity index (χ4v) is 3.90. The quantitative estimate of drug-likeness (QED) is 0.768. The fourth-order valence-electron chi connectivity index (χ4n) is 3.66. The molecule has 0 spiro atoms. The molecule has 1 unspecified atom stereocenters. The van der Waals surface area contributed by atoms with Crippen molar-refractivity contribution in [2.24, 2.45) is 5.92 Å². The molecule has 5 nitrogen and oxygen atoms in total. The Kier molecular flexibility index (Phi) is 5.79. The number of halogens is 1. The van der Waals surface area contributed by atoms with E-state index in [1.807, 2.05) is 36.9 Å². The number of hydrogen-bond donors (Lipinski definition) is 0. The number of hydrogen-bond acceptors (Lipinski definition) is 3. The lowest BCUT2D eigenvalue weighted by molar-refractivity contribution is -0.138. The molecule has 2 amide bonds. The van der Waals surface area contributed by atoms with Gasteiger partial charge in [-0.2, -0.15) is 0 Å². The second-order valence-electron chi connectivity index (χ2n) is 6.82. The van der Waals surface area contributed by atoms with Gasteiger partial charge in [-0.15, -0.1) is 0 Å².